The van der Waals surface area contributed by atoms with Gasteiger partial charge in [-0.15, -0.1) is 0 Å². The molecular formula is C13H24N2O3S. The number of urea groups is 1. The van der Waals surface area contributed by atoms with Gasteiger partial charge in [0.15, 0.2) is 0 Å². The Labute approximate surface area is 119 Å². The van der Waals surface area contributed by atoms with Gasteiger partial charge in [-0.25, -0.2) is 4.79 Å². The second kappa shape index (κ2) is 7.03. The highest BCUT2D eigenvalue weighted by Crippen LogP contribution is 2.22. The normalized spacial score (nSPS) is 17.3. The van der Waals surface area contributed by atoms with E-state index in [2.05, 4.69) is 19.2 Å². The van der Waals surface area contributed by atoms with Crippen LogP contribution in [0.1, 0.15) is 33.1 Å². The van der Waals surface area contributed by atoms with E-state index < -0.39 is 5.97 Å². The summed E-state index contributed by atoms with van der Waals surface area (Å²) in [6.07, 6.45) is 3.82. The number of hydrogen-bond donors (Lipinski definition) is 2. The van der Waals surface area contributed by atoms with Gasteiger partial charge < -0.3 is 15.3 Å². The predicted octanol–water partition coefficient (Wildman–Crippen LogP) is 2.02. The van der Waals surface area contributed by atoms with E-state index in [4.69, 9.17) is 5.11 Å². The number of carbonyl (C=O) groups excluding carboxylic acids is 1. The minimum atomic E-state index is -0.746. The maximum atomic E-state index is 12.0. The Kier molecular flexibility index (Phi) is 5.97. The fraction of sp³-hybridized carbons (Fsp3) is 0.846. The number of likely N-dealkylation sites (tertiary alicyclic amines) is 1. The number of carbonyl (C=O) groups is 2. The number of nitrogens with zero attached hydrogens (tertiary/aromatic N) is 1. The molecule has 5 nitrogen and oxygen atoms in total. The lowest BCUT2D eigenvalue weighted by atomic mass is 9.94. The maximum Gasteiger partial charge on any atom is 0.317 e. The van der Waals surface area contributed by atoms with E-state index in [9.17, 15) is 9.59 Å². The average molecular weight is 288 g/mol. The molecule has 0 aliphatic carbocycles. The smallest absolute Gasteiger partial charge is 0.317 e. The van der Waals surface area contributed by atoms with E-state index >= 15 is 0 Å². The molecule has 0 aromatic rings. The maximum absolute atomic E-state index is 12.0. The fourth-order valence-electron chi connectivity index (χ4n) is 2.06. The van der Waals surface area contributed by atoms with Gasteiger partial charge in [-0.2, -0.15) is 11.8 Å². The summed E-state index contributed by atoms with van der Waals surface area (Å²) in [5.74, 6) is -0.534. The first kappa shape index (κ1) is 16.1. The van der Waals surface area contributed by atoms with Crippen LogP contribution < -0.4 is 5.32 Å². The molecule has 0 aromatic carbocycles. The molecule has 1 fully saturated rings. The lowest BCUT2D eigenvalue weighted by Crippen LogP contribution is -2.47. The molecule has 2 N–H and O–H groups in total. The summed E-state index contributed by atoms with van der Waals surface area (Å²) in [5, 5.41) is 11.7. The van der Waals surface area contributed by atoms with Gasteiger partial charge in [-0.05, 0) is 38.9 Å². The third-order valence-corrected chi connectivity index (χ3v) is 4.83. The summed E-state index contributed by atoms with van der Waals surface area (Å²) in [6, 6.07) is -0.0316. The summed E-state index contributed by atoms with van der Waals surface area (Å²) in [4.78, 5) is 24.4. The van der Waals surface area contributed by atoms with E-state index in [0.717, 1.165) is 12.8 Å². The van der Waals surface area contributed by atoms with E-state index in [1.807, 2.05) is 6.26 Å². The summed E-state index contributed by atoms with van der Waals surface area (Å²) < 4.78 is 0.0390. The Bertz CT molecular complexity index is 326. The fourth-order valence-corrected chi connectivity index (χ4v) is 2.28. The van der Waals surface area contributed by atoms with Crippen LogP contribution in [0.5, 0.6) is 0 Å². The van der Waals surface area contributed by atoms with Crippen LogP contribution in [0.15, 0.2) is 0 Å². The summed E-state index contributed by atoms with van der Waals surface area (Å²) in [6.45, 7) is 6.14. The quantitative estimate of drug-likeness (QED) is 0.812. The lowest BCUT2D eigenvalue weighted by Gasteiger charge is -2.32. The van der Waals surface area contributed by atoms with Crippen LogP contribution in [0, 0.1) is 5.92 Å². The molecule has 0 radical (unpaired) electrons. The molecular weight excluding hydrogens is 264 g/mol. The third-order valence-electron chi connectivity index (χ3n) is 3.58. The molecule has 19 heavy (non-hydrogen) atoms. The molecule has 0 saturated carbocycles. The topological polar surface area (TPSA) is 69.6 Å². The van der Waals surface area contributed by atoms with Crippen molar-refractivity contribution in [3.8, 4) is 0 Å². The Balaban J connectivity index is 2.31. The SMILES string of the molecule is CSC(C)(C)CNC(=O)N1CCC(CC(=O)O)CC1. The van der Waals surface area contributed by atoms with Crippen molar-refractivity contribution in [3.63, 3.8) is 0 Å². The van der Waals surface area contributed by atoms with Gasteiger partial charge in [0.25, 0.3) is 0 Å². The van der Waals surface area contributed by atoms with Crippen LogP contribution in [-0.4, -0.2) is 52.6 Å². The van der Waals surface area contributed by atoms with E-state index in [-0.39, 0.29) is 23.1 Å². The van der Waals surface area contributed by atoms with E-state index in [0.29, 0.717) is 19.6 Å². The molecule has 0 atom stereocenters. The zero-order valence-electron chi connectivity index (χ0n) is 11.9. The summed E-state index contributed by atoms with van der Waals surface area (Å²) >= 11 is 1.72. The highest BCUT2D eigenvalue weighted by molar-refractivity contribution is 7.99. The highest BCUT2D eigenvalue weighted by atomic mass is 32.2. The van der Waals surface area contributed by atoms with Crippen molar-refractivity contribution in [2.45, 2.75) is 37.9 Å². The van der Waals surface area contributed by atoms with Gasteiger partial charge in [-0.1, -0.05) is 0 Å². The molecule has 2 amide bonds. The summed E-state index contributed by atoms with van der Waals surface area (Å²) in [7, 11) is 0. The zero-order valence-corrected chi connectivity index (χ0v) is 12.8. The number of hydrogen-bond acceptors (Lipinski definition) is 3. The number of piperidine rings is 1. The average Bonchev–Trinajstić information content (AvgIpc) is 2.36. The van der Waals surface area contributed by atoms with Crippen LogP contribution in [0.2, 0.25) is 0 Å². The lowest BCUT2D eigenvalue weighted by molar-refractivity contribution is -0.138. The van der Waals surface area contributed by atoms with Crippen molar-refractivity contribution in [1.82, 2.24) is 10.2 Å². The minimum Gasteiger partial charge on any atom is -0.481 e. The van der Waals surface area contributed by atoms with Crippen LogP contribution in [0.25, 0.3) is 0 Å². The largest absolute Gasteiger partial charge is 0.481 e. The molecule has 6 heteroatoms. The zero-order chi connectivity index (χ0) is 14.5. The van der Waals surface area contributed by atoms with Gasteiger partial charge in [0.2, 0.25) is 0 Å². The van der Waals surface area contributed by atoms with Gasteiger partial charge in [0.05, 0.1) is 0 Å². The van der Waals surface area contributed by atoms with Crippen molar-refractivity contribution in [2.75, 3.05) is 25.9 Å². The van der Waals surface area contributed by atoms with Crippen LogP contribution in [-0.2, 0) is 4.79 Å². The predicted molar refractivity (Wildman–Crippen MR) is 77.5 cm³/mol. The van der Waals surface area contributed by atoms with Crippen molar-refractivity contribution >= 4 is 23.8 Å². The van der Waals surface area contributed by atoms with Crippen molar-refractivity contribution < 1.29 is 14.7 Å². The number of nitrogens with one attached hydrogen (secondary N) is 1. The van der Waals surface area contributed by atoms with Crippen molar-refractivity contribution in [3.05, 3.63) is 0 Å². The molecule has 0 aromatic heterocycles. The Hall–Kier alpha value is -0.910. The Morgan fingerprint density at radius 1 is 1.37 bits per heavy atom. The van der Waals surface area contributed by atoms with Crippen LogP contribution in [0.3, 0.4) is 0 Å². The Morgan fingerprint density at radius 3 is 2.42 bits per heavy atom. The summed E-state index contributed by atoms with van der Waals surface area (Å²) in [5.41, 5.74) is 0. The number of rotatable bonds is 5. The number of amides is 2. The van der Waals surface area contributed by atoms with Crippen molar-refractivity contribution in [2.24, 2.45) is 5.92 Å². The van der Waals surface area contributed by atoms with Gasteiger partial charge in [0, 0.05) is 30.8 Å². The van der Waals surface area contributed by atoms with E-state index in [1.165, 1.54) is 0 Å². The monoisotopic (exact) mass is 288 g/mol. The molecule has 1 heterocycles. The van der Waals surface area contributed by atoms with Crippen molar-refractivity contribution in [1.29, 1.82) is 0 Å². The molecule has 1 saturated heterocycles. The molecule has 0 unspecified atom stereocenters. The van der Waals surface area contributed by atoms with Crippen LogP contribution in [0.4, 0.5) is 4.79 Å². The standard InChI is InChI=1S/C13H24N2O3S/c1-13(2,19-3)9-14-12(18)15-6-4-10(5-7-15)8-11(16)17/h10H,4-9H2,1-3H3,(H,14,18)(H,16,17). The molecule has 110 valence electrons. The Morgan fingerprint density at radius 2 is 1.95 bits per heavy atom. The van der Waals surface area contributed by atoms with Crippen LogP contribution >= 0.6 is 11.8 Å². The second-order valence-electron chi connectivity index (χ2n) is 5.65. The number of carboxylic acid groups (broad SMARTS) is 1. The molecule has 1 aliphatic rings. The van der Waals surface area contributed by atoms with Gasteiger partial charge in [-0.3, -0.25) is 4.79 Å². The van der Waals surface area contributed by atoms with E-state index in [1.54, 1.807) is 16.7 Å². The third kappa shape index (κ3) is 5.72. The molecule has 1 rings (SSSR count). The highest BCUT2D eigenvalue weighted by Gasteiger charge is 2.25. The number of thioether (sulfide) groups is 1. The van der Waals surface area contributed by atoms with Gasteiger partial charge >= 0.3 is 12.0 Å². The first-order chi connectivity index (χ1) is 8.84. The minimum absolute atomic E-state index is 0.0316. The second-order valence-corrected chi connectivity index (χ2v) is 7.16. The molecule has 0 bridgehead atoms. The van der Waals surface area contributed by atoms with Gasteiger partial charge in [0.1, 0.15) is 0 Å². The molecule has 0 spiro atoms. The molecule has 1 aliphatic heterocycles. The number of carboxylic acids is 1. The first-order valence-electron chi connectivity index (χ1n) is 6.64. The first-order valence-corrected chi connectivity index (χ1v) is 7.86. The number of aliphatic carboxylic acids is 1.